The summed E-state index contributed by atoms with van der Waals surface area (Å²) in [6, 6.07) is 14.8. The van der Waals surface area contributed by atoms with Crippen LogP contribution in [0, 0.1) is 5.41 Å². The van der Waals surface area contributed by atoms with Crippen LogP contribution >= 0.6 is 0 Å². The highest BCUT2D eigenvalue weighted by Crippen LogP contribution is 2.41. The number of imide groups is 2. The molecule has 0 bridgehead atoms. The molecule has 0 saturated carbocycles. The average molecular weight is 948 g/mol. The van der Waals surface area contributed by atoms with Crippen molar-refractivity contribution in [2.45, 2.75) is 90.6 Å². The van der Waals surface area contributed by atoms with Gasteiger partial charge in [-0.3, -0.25) is 44.0 Å². The lowest BCUT2D eigenvalue weighted by Gasteiger charge is -2.46. The number of hydrogen-bond acceptors (Lipinski definition) is 14. The van der Waals surface area contributed by atoms with E-state index in [0.717, 1.165) is 80.2 Å². The normalized spacial score (nSPS) is 21.5. The third kappa shape index (κ3) is 7.92. The number of rotatable bonds is 10. The first-order chi connectivity index (χ1) is 33.8. The molecule has 3 fully saturated rings. The van der Waals surface area contributed by atoms with Crippen molar-refractivity contribution >= 4 is 58.2 Å². The number of nitrogens with one attached hydrogen (secondary N) is 2. The van der Waals surface area contributed by atoms with Gasteiger partial charge in [0.15, 0.2) is 0 Å². The van der Waals surface area contributed by atoms with Crippen LogP contribution in [-0.4, -0.2) is 128 Å². The van der Waals surface area contributed by atoms with E-state index >= 15 is 0 Å². The molecule has 70 heavy (non-hydrogen) atoms. The van der Waals surface area contributed by atoms with Gasteiger partial charge in [-0.1, -0.05) is 13.8 Å². The fourth-order valence-corrected chi connectivity index (χ4v) is 11.7. The number of aromatic nitrogens is 4. The van der Waals surface area contributed by atoms with Crippen molar-refractivity contribution in [3.8, 4) is 17.0 Å². The van der Waals surface area contributed by atoms with E-state index in [0.29, 0.717) is 64.7 Å². The molecule has 18 nitrogen and oxygen atoms in total. The predicted molar refractivity (Wildman–Crippen MR) is 261 cm³/mol. The van der Waals surface area contributed by atoms with Crippen molar-refractivity contribution in [3.63, 3.8) is 0 Å². The number of hydrogen-bond donors (Lipinski definition) is 3. The standard InChI is InChI=1S/C52H57N11O7/c1-30-28-59(33-12-15-58(16-13-33)34-5-7-37-38(23-34)50(68)63(49(37)67)41-8-10-45(65)57-47(41)66)17-18-60(30)35-6-9-44(54-27-35)56-40-21-32(26-55-48(40)70-4)36-11-14-53-46(39(36)29-64)62-20-19-61-42(51(62)69)22-31-24-52(2,3)25-43(31)61/h5-7,9,11,14,21-23,26-27,30,33,41,64H,8,10,12-13,15-20,24-25,28-29H2,1-4H3,(H,54,56)(H,57,65,66)/t30-,41?/m0/s1. The van der Waals surface area contributed by atoms with Crippen LogP contribution in [-0.2, 0) is 35.6 Å². The number of amides is 5. The highest BCUT2D eigenvalue weighted by Gasteiger charge is 2.45. The second-order valence-corrected chi connectivity index (χ2v) is 20.2. The molecule has 3 saturated heterocycles. The number of aliphatic hydroxyl groups is 1. The van der Waals surface area contributed by atoms with Gasteiger partial charge in [0.25, 0.3) is 17.7 Å². The Bertz CT molecular complexity index is 2960. The zero-order chi connectivity index (χ0) is 48.6. The van der Waals surface area contributed by atoms with E-state index in [-0.39, 0.29) is 42.4 Å². The summed E-state index contributed by atoms with van der Waals surface area (Å²) in [6.45, 7) is 11.8. The van der Waals surface area contributed by atoms with Crippen molar-refractivity contribution in [1.82, 2.24) is 34.6 Å². The second-order valence-electron chi connectivity index (χ2n) is 20.2. The number of fused-ring (bicyclic) bond motifs is 4. The first kappa shape index (κ1) is 45.3. The Labute approximate surface area is 405 Å². The molecule has 5 amide bonds. The molecule has 5 aromatic rings. The van der Waals surface area contributed by atoms with E-state index in [4.69, 9.17) is 9.72 Å². The molecule has 5 aliphatic heterocycles. The summed E-state index contributed by atoms with van der Waals surface area (Å²) < 4.78 is 7.84. The lowest BCUT2D eigenvalue weighted by atomic mass is 9.90. The number of nitrogens with zero attached hydrogens (tertiary/aromatic N) is 9. The summed E-state index contributed by atoms with van der Waals surface area (Å²) in [7, 11) is 1.56. The van der Waals surface area contributed by atoms with Gasteiger partial charge >= 0.3 is 0 Å². The van der Waals surface area contributed by atoms with Crippen molar-refractivity contribution < 1.29 is 33.8 Å². The molecule has 0 radical (unpaired) electrons. The predicted octanol–water partition coefficient (Wildman–Crippen LogP) is 4.95. The zero-order valence-electron chi connectivity index (χ0n) is 39.9. The van der Waals surface area contributed by atoms with Crippen LogP contribution < -0.4 is 30.1 Å². The minimum absolute atomic E-state index is 0.0825. The van der Waals surface area contributed by atoms with Crippen LogP contribution in [0.1, 0.15) is 94.5 Å². The summed E-state index contributed by atoms with van der Waals surface area (Å²) in [4.78, 5) is 88.9. The maximum absolute atomic E-state index is 14.0. The van der Waals surface area contributed by atoms with Crippen LogP contribution in [0.25, 0.3) is 11.1 Å². The van der Waals surface area contributed by atoms with Crippen LogP contribution in [0.5, 0.6) is 5.88 Å². The molecular formula is C52H57N11O7. The molecule has 3 N–H and O–H groups in total. The molecule has 1 aliphatic carbocycles. The third-order valence-electron chi connectivity index (χ3n) is 15.2. The van der Waals surface area contributed by atoms with Gasteiger partial charge in [-0.2, -0.15) is 0 Å². The van der Waals surface area contributed by atoms with Gasteiger partial charge in [0.2, 0.25) is 17.7 Å². The van der Waals surface area contributed by atoms with Gasteiger partial charge in [0.1, 0.15) is 29.1 Å². The highest BCUT2D eigenvalue weighted by molar-refractivity contribution is 6.23. The number of carbonyl (C=O) groups excluding carboxylic acids is 5. The smallest absolute Gasteiger partial charge is 0.276 e. The van der Waals surface area contributed by atoms with Gasteiger partial charge in [0, 0.05) is 99.2 Å². The summed E-state index contributed by atoms with van der Waals surface area (Å²) in [6.07, 6.45) is 9.27. The summed E-state index contributed by atoms with van der Waals surface area (Å²) in [5.41, 5.74) is 8.41. The molecule has 9 heterocycles. The third-order valence-corrected chi connectivity index (χ3v) is 15.2. The average Bonchev–Trinajstić information content (AvgIpc) is 3.95. The van der Waals surface area contributed by atoms with Gasteiger partial charge in [-0.05, 0) is 104 Å². The van der Waals surface area contributed by atoms with E-state index in [1.54, 1.807) is 36.5 Å². The SMILES string of the molecule is COc1ncc(-c2ccnc(N3CCn4c(cc5c4CC(C)(C)C5)C3=O)c2CO)cc1Nc1ccc(N2CCN(C3CCN(c4ccc5c(c4)C(=O)N(C4CCC(=O)NC4=O)C5=O)CC3)C[C@@H]2C)cn1. The van der Waals surface area contributed by atoms with Crippen molar-refractivity contribution in [2.75, 3.05) is 66.4 Å². The number of piperidine rings is 2. The number of pyridine rings is 3. The molecule has 1 unspecified atom stereocenters. The number of methoxy groups -OCH3 is 1. The summed E-state index contributed by atoms with van der Waals surface area (Å²) in [5.74, 6) is -0.686. The van der Waals surface area contributed by atoms with Gasteiger partial charge in [-0.25, -0.2) is 15.0 Å². The first-order valence-corrected chi connectivity index (χ1v) is 24.3. The van der Waals surface area contributed by atoms with Crippen molar-refractivity contribution in [2.24, 2.45) is 5.41 Å². The number of benzene rings is 1. The Morgan fingerprint density at radius 2 is 1.61 bits per heavy atom. The van der Waals surface area contributed by atoms with Crippen LogP contribution in [0.15, 0.2) is 67.1 Å². The summed E-state index contributed by atoms with van der Waals surface area (Å²) >= 11 is 0. The molecule has 1 aromatic carbocycles. The lowest BCUT2D eigenvalue weighted by molar-refractivity contribution is -0.136. The molecule has 18 heteroatoms. The molecule has 11 rings (SSSR count). The van der Waals surface area contributed by atoms with E-state index < -0.39 is 29.7 Å². The Hall–Kier alpha value is -7.18. The molecular weight excluding hydrogens is 891 g/mol. The largest absolute Gasteiger partial charge is 0.480 e. The minimum Gasteiger partial charge on any atom is -0.480 e. The van der Waals surface area contributed by atoms with E-state index in [1.807, 2.05) is 36.5 Å². The quantitative estimate of drug-likeness (QED) is 0.159. The molecule has 0 spiro atoms. The summed E-state index contributed by atoms with van der Waals surface area (Å²) in [5, 5.41) is 16.5. The van der Waals surface area contributed by atoms with Crippen LogP contribution in [0.3, 0.4) is 0 Å². The highest BCUT2D eigenvalue weighted by atomic mass is 16.5. The molecule has 4 aromatic heterocycles. The molecule has 6 aliphatic rings. The minimum atomic E-state index is -0.988. The Balaban J connectivity index is 0.716. The van der Waals surface area contributed by atoms with E-state index in [9.17, 15) is 29.1 Å². The monoisotopic (exact) mass is 947 g/mol. The van der Waals surface area contributed by atoms with Gasteiger partial charge < -0.3 is 29.5 Å². The number of anilines is 5. The second kappa shape index (κ2) is 17.7. The number of carbonyl (C=O) groups is 5. The Kier molecular flexibility index (Phi) is 11.4. The zero-order valence-corrected chi connectivity index (χ0v) is 39.9. The molecule has 362 valence electrons. The number of ether oxygens (including phenoxy) is 1. The topological polar surface area (TPSA) is 199 Å². The van der Waals surface area contributed by atoms with Crippen LogP contribution in [0.2, 0.25) is 0 Å². The van der Waals surface area contributed by atoms with E-state index in [1.165, 1.54) is 11.3 Å². The lowest BCUT2D eigenvalue weighted by Crippen LogP contribution is -2.57. The maximum Gasteiger partial charge on any atom is 0.276 e. The van der Waals surface area contributed by atoms with Crippen molar-refractivity contribution in [1.29, 1.82) is 0 Å². The molecule has 2 atom stereocenters. The van der Waals surface area contributed by atoms with Crippen LogP contribution in [0.4, 0.5) is 28.7 Å². The van der Waals surface area contributed by atoms with Gasteiger partial charge in [-0.15, -0.1) is 0 Å². The first-order valence-electron chi connectivity index (χ1n) is 24.3. The maximum atomic E-state index is 14.0. The fourth-order valence-electron chi connectivity index (χ4n) is 11.7. The number of piperazine rings is 1. The van der Waals surface area contributed by atoms with Crippen molar-refractivity contribution in [3.05, 3.63) is 101 Å². The van der Waals surface area contributed by atoms with Gasteiger partial charge in [0.05, 0.1) is 36.7 Å². The Morgan fingerprint density at radius 1 is 0.814 bits per heavy atom. The number of aliphatic hydroxyl groups excluding tert-OH is 1. The van der Waals surface area contributed by atoms with E-state index in [2.05, 4.69) is 66.7 Å². The Morgan fingerprint density at radius 3 is 2.36 bits per heavy atom. The fraction of sp³-hybridized carbons (Fsp3) is 0.423.